The molecule has 11 heteroatoms. The normalized spacial score (nSPS) is 10.6. The van der Waals surface area contributed by atoms with E-state index >= 15 is 0 Å². The Morgan fingerprint density at radius 2 is 1.62 bits per heavy atom. The molecule has 2 amide bonds. The maximum atomic E-state index is 13.1. The number of aromatic nitrogens is 3. The lowest BCUT2D eigenvalue weighted by Gasteiger charge is -2.12. The largest absolute Gasteiger partial charge is 0.497 e. The van der Waals surface area contributed by atoms with Crippen molar-refractivity contribution in [2.45, 2.75) is 25.0 Å². The highest BCUT2D eigenvalue weighted by Crippen LogP contribution is 2.24. The van der Waals surface area contributed by atoms with Crippen molar-refractivity contribution in [3.8, 4) is 17.2 Å². The zero-order valence-corrected chi connectivity index (χ0v) is 22.3. The highest BCUT2D eigenvalue weighted by Gasteiger charge is 2.17. The average Bonchev–Trinajstić information content (AvgIpc) is 3.36. The number of anilines is 1. The van der Waals surface area contributed by atoms with Gasteiger partial charge in [0.15, 0.2) is 11.0 Å². The summed E-state index contributed by atoms with van der Waals surface area (Å²) in [5.74, 6) is 1.17. The molecule has 0 saturated heterocycles. The number of halogens is 1. The van der Waals surface area contributed by atoms with Crippen LogP contribution >= 0.6 is 11.8 Å². The van der Waals surface area contributed by atoms with E-state index < -0.39 is 0 Å². The van der Waals surface area contributed by atoms with Crippen LogP contribution in [0.25, 0.3) is 5.69 Å². The number of carbonyl (C=O) groups excluding carboxylic acids is 2. The van der Waals surface area contributed by atoms with Gasteiger partial charge in [-0.3, -0.25) is 14.2 Å². The Hall–Kier alpha value is -4.38. The van der Waals surface area contributed by atoms with E-state index in [-0.39, 0.29) is 36.4 Å². The monoisotopic (exact) mass is 549 g/mol. The van der Waals surface area contributed by atoms with Crippen molar-refractivity contribution in [3.05, 3.63) is 90.0 Å². The van der Waals surface area contributed by atoms with Crippen LogP contribution in [0, 0.1) is 5.82 Å². The Morgan fingerprint density at radius 3 is 2.28 bits per heavy atom. The fraction of sp³-hybridized carbons (Fsp3) is 0.214. The molecular weight excluding hydrogens is 521 g/mol. The van der Waals surface area contributed by atoms with Gasteiger partial charge >= 0.3 is 0 Å². The minimum Gasteiger partial charge on any atom is -0.497 e. The van der Waals surface area contributed by atoms with Gasteiger partial charge in [0.2, 0.25) is 11.8 Å². The molecule has 0 radical (unpaired) electrons. The Morgan fingerprint density at radius 1 is 0.923 bits per heavy atom. The molecule has 3 aromatic carbocycles. The predicted molar refractivity (Wildman–Crippen MR) is 147 cm³/mol. The lowest BCUT2D eigenvalue weighted by molar-refractivity contribution is -0.120. The second-order valence-electron chi connectivity index (χ2n) is 8.31. The molecule has 0 fully saturated rings. The van der Waals surface area contributed by atoms with Crippen LogP contribution in [0.4, 0.5) is 10.1 Å². The van der Waals surface area contributed by atoms with E-state index in [4.69, 9.17) is 9.47 Å². The first-order valence-electron chi connectivity index (χ1n) is 12.2. The van der Waals surface area contributed by atoms with E-state index in [1.165, 1.54) is 36.0 Å². The summed E-state index contributed by atoms with van der Waals surface area (Å²) >= 11 is 1.20. The van der Waals surface area contributed by atoms with Crippen molar-refractivity contribution in [3.63, 3.8) is 0 Å². The van der Waals surface area contributed by atoms with Gasteiger partial charge in [-0.05, 0) is 73.2 Å². The molecule has 9 nitrogen and oxygen atoms in total. The molecule has 0 bridgehead atoms. The van der Waals surface area contributed by atoms with Crippen molar-refractivity contribution in [1.82, 2.24) is 20.1 Å². The van der Waals surface area contributed by atoms with Gasteiger partial charge in [0.05, 0.1) is 32.4 Å². The lowest BCUT2D eigenvalue weighted by Crippen LogP contribution is -2.26. The standard InChI is InChI=1S/C28H28FN5O4S/c1-3-38-24-14-10-22(11-15-24)34-25(17-30-26(35)16-19-4-12-23(37-2)13-5-19)32-33-28(34)39-18-27(36)31-21-8-6-20(29)7-9-21/h4-15H,3,16-18H2,1-2H3,(H,30,35)(H,31,36). The summed E-state index contributed by atoms with van der Waals surface area (Å²) < 4.78 is 25.6. The molecule has 0 aliphatic carbocycles. The third-order valence-corrected chi connectivity index (χ3v) is 6.46. The summed E-state index contributed by atoms with van der Waals surface area (Å²) in [6, 6.07) is 20.2. The summed E-state index contributed by atoms with van der Waals surface area (Å²) in [5.41, 5.74) is 2.10. The van der Waals surface area contributed by atoms with Crippen LogP contribution in [0.5, 0.6) is 11.5 Å². The van der Waals surface area contributed by atoms with Crippen LogP contribution in [0.3, 0.4) is 0 Å². The molecule has 2 N–H and O–H groups in total. The van der Waals surface area contributed by atoms with Gasteiger partial charge in [0.25, 0.3) is 0 Å². The fourth-order valence-corrected chi connectivity index (χ4v) is 4.43. The lowest BCUT2D eigenvalue weighted by atomic mass is 10.1. The van der Waals surface area contributed by atoms with Crippen LogP contribution in [-0.2, 0) is 22.6 Å². The van der Waals surface area contributed by atoms with Gasteiger partial charge in [-0.2, -0.15) is 0 Å². The van der Waals surface area contributed by atoms with Crippen LogP contribution < -0.4 is 20.1 Å². The fourth-order valence-electron chi connectivity index (χ4n) is 3.66. The number of methoxy groups -OCH3 is 1. The maximum Gasteiger partial charge on any atom is 0.234 e. The molecule has 4 aromatic rings. The highest BCUT2D eigenvalue weighted by atomic mass is 32.2. The minimum absolute atomic E-state index is 0.0520. The Labute approximate surface area is 229 Å². The van der Waals surface area contributed by atoms with Gasteiger partial charge in [0, 0.05) is 11.4 Å². The topological polar surface area (TPSA) is 107 Å². The Kier molecular flexibility index (Phi) is 9.52. The van der Waals surface area contributed by atoms with Crippen LogP contribution in [-0.4, -0.2) is 46.0 Å². The number of ether oxygens (including phenoxy) is 2. The molecule has 0 aliphatic rings. The molecule has 4 rings (SSSR count). The van der Waals surface area contributed by atoms with Crippen LogP contribution in [0.15, 0.2) is 78.0 Å². The number of hydrogen-bond acceptors (Lipinski definition) is 7. The second kappa shape index (κ2) is 13.4. The summed E-state index contributed by atoms with van der Waals surface area (Å²) in [6.45, 7) is 2.59. The summed E-state index contributed by atoms with van der Waals surface area (Å²) in [7, 11) is 1.59. The molecule has 0 atom stereocenters. The quantitative estimate of drug-likeness (QED) is 0.252. The molecule has 0 aliphatic heterocycles. The van der Waals surface area contributed by atoms with Crippen molar-refractivity contribution < 1.29 is 23.5 Å². The summed E-state index contributed by atoms with van der Waals surface area (Å²) in [5, 5.41) is 14.7. The van der Waals surface area contributed by atoms with Gasteiger partial charge in [-0.25, -0.2) is 4.39 Å². The number of benzene rings is 3. The van der Waals surface area contributed by atoms with Crippen LogP contribution in [0.1, 0.15) is 18.3 Å². The zero-order chi connectivity index (χ0) is 27.6. The molecule has 202 valence electrons. The number of rotatable bonds is 12. The smallest absolute Gasteiger partial charge is 0.234 e. The van der Waals surface area contributed by atoms with E-state index in [1.54, 1.807) is 23.8 Å². The Balaban J connectivity index is 1.46. The molecular formula is C28H28FN5O4S. The van der Waals surface area contributed by atoms with E-state index in [2.05, 4.69) is 20.8 Å². The third kappa shape index (κ3) is 7.81. The number of thioether (sulfide) groups is 1. The molecule has 0 spiro atoms. The van der Waals surface area contributed by atoms with Crippen LogP contribution in [0.2, 0.25) is 0 Å². The minimum atomic E-state index is -0.380. The second-order valence-corrected chi connectivity index (χ2v) is 9.25. The van der Waals surface area contributed by atoms with E-state index in [0.29, 0.717) is 23.3 Å². The maximum absolute atomic E-state index is 13.1. The summed E-state index contributed by atoms with van der Waals surface area (Å²) in [4.78, 5) is 25.1. The molecule has 1 aromatic heterocycles. The van der Waals surface area contributed by atoms with E-state index in [9.17, 15) is 14.0 Å². The predicted octanol–water partition coefficient (Wildman–Crippen LogP) is 4.40. The Bertz CT molecular complexity index is 1390. The number of hydrogen-bond donors (Lipinski definition) is 2. The number of carbonyl (C=O) groups is 2. The van der Waals surface area contributed by atoms with E-state index in [0.717, 1.165) is 22.7 Å². The average molecular weight is 550 g/mol. The first-order chi connectivity index (χ1) is 18.9. The van der Waals surface area contributed by atoms with Gasteiger partial charge in [-0.1, -0.05) is 23.9 Å². The third-order valence-electron chi connectivity index (χ3n) is 5.53. The number of nitrogens with zero attached hydrogens (tertiary/aromatic N) is 3. The van der Waals surface area contributed by atoms with Crippen molar-refractivity contribution in [1.29, 1.82) is 0 Å². The highest BCUT2D eigenvalue weighted by molar-refractivity contribution is 7.99. The first-order valence-corrected chi connectivity index (χ1v) is 13.2. The van der Waals surface area contributed by atoms with E-state index in [1.807, 2.05) is 43.3 Å². The SMILES string of the molecule is CCOc1ccc(-n2c(CNC(=O)Cc3ccc(OC)cc3)nnc2SCC(=O)Nc2ccc(F)cc2)cc1. The molecule has 1 heterocycles. The van der Waals surface area contributed by atoms with Crippen molar-refractivity contribution >= 4 is 29.3 Å². The first kappa shape index (κ1) is 27.6. The molecule has 39 heavy (non-hydrogen) atoms. The number of nitrogens with one attached hydrogen (secondary N) is 2. The van der Waals surface area contributed by atoms with Gasteiger partial charge in [-0.15, -0.1) is 10.2 Å². The zero-order valence-electron chi connectivity index (χ0n) is 21.5. The van der Waals surface area contributed by atoms with Gasteiger partial charge in [0.1, 0.15) is 17.3 Å². The number of amides is 2. The summed E-state index contributed by atoms with van der Waals surface area (Å²) in [6.07, 6.45) is 0.201. The van der Waals surface area contributed by atoms with Gasteiger partial charge < -0.3 is 20.1 Å². The molecule has 0 unspecified atom stereocenters. The van der Waals surface area contributed by atoms with Crippen molar-refractivity contribution in [2.24, 2.45) is 0 Å². The van der Waals surface area contributed by atoms with Crippen molar-refractivity contribution in [2.75, 3.05) is 24.8 Å². The molecule has 0 saturated carbocycles.